The molecule has 1 aromatic carbocycles. The van der Waals surface area contributed by atoms with Crippen molar-refractivity contribution in [1.29, 1.82) is 0 Å². The summed E-state index contributed by atoms with van der Waals surface area (Å²) in [6, 6.07) is 7.58. The molecule has 5 nitrogen and oxygen atoms in total. The third-order valence-corrected chi connectivity index (χ3v) is 2.90. The number of aliphatic carboxylic acids is 1. The molecule has 1 aliphatic heterocycles. The van der Waals surface area contributed by atoms with Gasteiger partial charge in [-0.05, 0) is 18.6 Å². The molecule has 1 unspecified atom stereocenters. The highest BCUT2D eigenvalue weighted by Crippen LogP contribution is 2.19. The standard InChI is InChI=1S/C12H14N2O3/c13-9-6-10(12(16)17)14(7-9)11(15)8-4-2-1-3-5-8/h1-5,9-10H,6-7,13H2,(H,16,17)/t9?,10-/m0/s1. The second-order valence-corrected chi connectivity index (χ2v) is 4.17. The van der Waals surface area contributed by atoms with Crippen LogP contribution < -0.4 is 5.73 Å². The minimum absolute atomic E-state index is 0.260. The van der Waals surface area contributed by atoms with Crippen LogP contribution in [0.4, 0.5) is 0 Å². The van der Waals surface area contributed by atoms with Crippen molar-refractivity contribution >= 4 is 11.9 Å². The molecule has 1 fully saturated rings. The van der Waals surface area contributed by atoms with Gasteiger partial charge < -0.3 is 15.7 Å². The Kier molecular flexibility index (Phi) is 3.10. The van der Waals surface area contributed by atoms with Gasteiger partial charge in [-0.3, -0.25) is 4.79 Å². The van der Waals surface area contributed by atoms with Crippen LogP contribution in [0.1, 0.15) is 16.8 Å². The Morgan fingerprint density at radius 1 is 1.29 bits per heavy atom. The predicted octanol–water partition coefficient (Wildman–Crippen LogP) is 0.313. The van der Waals surface area contributed by atoms with Gasteiger partial charge in [0.25, 0.3) is 5.91 Å². The summed E-state index contributed by atoms with van der Waals surface area (Å²) in [6.07, 6.45) is 0.313. The quantitative estimate of drug-likeness (QED) is 0.771. The van der Waals surface area contributed by atoms with Gasteiger partial charge in [0.05, 0.1) is 0 Å². The van der Waals surface area contributed by atoms with Gasteiger partial charge >= 0.3 is 5.97 Å². The molecular weight excluding hydrogens is 220 g/mol. The van der Waals surface area contributed by atoms with Gasteiger partial charge in [-0.25, -0.2) is 4.79 Å². The van der Waals surface area contributed by atoms with Crippen molar-refractivity contribution in [3.05, 3.63) is 35.9 Å². The summed E-state index contributed by atoms with van der Waals surface area (Å²) in [5.74, 6) is -1.27. The Morgan fingerprint density at radius 3 is 2.53 bits per heavy atom. The fourth-order valence-electron chi connectivity index (χ4n) is 2.07. The van der Waals surface area contributed by atoms with Crippen LogP contribution >= 0.6 is 0 Å². The van der Waals surface area contributed by atoms with E-state index in [-0.39, 0.29) is 11.9 Å². The third-order valence-electron chi connectivity index (χ3n) is 2.90. The zero-order valence-corrected chi connectivity index (χ0v) is 9.24. The first-order valence-electron chi connectivity index (χ1n) is 5.44. The molecule has 0 aliphatic carbocycles. The van der Waals surface area contributed by atoms with Crippen molar-refractivity contribution in [2.75, 3.05) is 6.54 Å². The number of rotatable bonds is 2. The second kappa shape index (κ2) is 4.55. The van der Waals surface area contributed by atoms with E-state index in [2.05, 4.69) is 0 Å². The molecule has 0 aromatic heterocycles. The minimum Gasteiger partial charge on any atom is -0.480 e. The average Bonchev–Trinajstić information content (AvgIpc) is 2.72. The number of carboxylic acids is 1. The van der Waals surface area contributed by atoms with Gasteiger partial charge in [0.15, 0.2) is 0 Å². The minimum atomic E-state index is -0.998. The van der Waals surface area contributed by atoms with E-state index in [0.717, 1.165) is 0 Å². The topological polar surface area (TPSA) is 83.6 Å². The molecule has 17 heavy (non-hydrogen) atoms. The molecule has 90 valence electrons. The van der Waals surface area contributed by atoms with E-state index in [1.807, 2.05) is 0 Å². The normalized spacial score (nSPS) is 23.7. The van der Waals surface area contributed by atoms with Crippen LogP contribution in [0.3, 0.4) is 0 Å². The van der Waals surface area contributed by atoms with E-state index in [4.69, 9.17) is 10.8 Å². The lowest BCUT2D eigenvalue weighted by atomic mass is 10.1. The number of nitrogens with zero attached hydrogens (tertiary/aromatic N) is 1. The number of likely N-dealkylation sites (tertiary alicyclic amines) is 1. The average molecular weight is 234 g/mol. The number of hydrogen-bond acceptors (Lipinski definition) is 3. The summed E-state index contributed by atoms with van der Waals surface area (Å²) in [7, 11) is 0. The molecule has 1 amide bonds. The van der Waals surface area contributed by atoms with Crippen LogP contribution in [0.15, 0.2) is 30.3 Å². The fraction of sp³-hybridized carbons (Fsp3) is 0.333. The first-order chi connectivity index (χ1) is 8.09. The lowest BCUT2D eigenvalue weighted by Gasteiger charge is -2.21. The molecule has 2 atom stereocenters. The van der Waals surface area contributed by atoms with Crippen LogP contribution in [0.25, 0.3) is 0 Å². The first-order valence-corrected chi connectivity index (χ1v) is 5.44. The van der Waals surface area contributed by atoms with E-state index in [0.29, 0.717) is 18.5 Å². The Balaban J connectivity index is 2.22. The number of benzene rings is 1. The molecule has 0 bridgehead atoms. The van der Waals surface area contributed by atoms with Crippen LogP contribution in [0.5, 0.6) is 0 Å². The third kappa shape index (κ3) is 2.29. The maximum atomic E-state index is 12.1. The van der Waals surface area contributed by atoms with E-state index in [1.54, 1.807) is 30.3 Å². The SMILES string of the molecule is NC1C[C@@H](C(=O)O)N(C(=O)c2ccccc2)C1. The Bertz CT molecular complexity index is 433. The zero-order valence-electron chi connectivity index (χ0n) is 9.24. The summed E-state index contributed by atoms with van der Waals surface area (Å²) in [6.45, 7) is 0.296. The van der Waals surface area contributed by atoms with Crippen molar-refractivity contribution in [2.45, 2.75) is 18.5 Å². The molecule has 2 rings (SSSR count). The summed E-state index contributed by atoms with van der Waals surface area (Å²) in [5.41, 5.74) is 6.21. The molecule has 3 N–H and O–H groups in total. The maximum Gasteiger partial charge on any atom is 0.326 e. The molecule has 1 aliphatic rings. The van der Waals surface area contributed by atoms with Crippen molar-refractivity contribution < 1.29 is 14.7 Å². The van der Waals surface area contributed by atoms with Gasteiger partial charge in [0.1, 0.15) is 6.04 Å². The largest absolute Gasteiger partial charge is 0.480 e. The Hall–Kier alpha value is -1.88. The summed E-state index contributed by atoms with van der Waals surface area (Å²) >= 11 is 0. The van der Waals surface area contributed by atoms with Crippen molar-refractivity contribution in [3.8, 4) is 0 Å². The summed E-state index contributed by atoms with van der Waals surface area (Å²) < 4.78 is 0. The molecule has 1 aromatic rings. The monoisotopic (exact) mass is 234 g/mol. The number of nitrogens with two attached hydrogens (primary N) is 1. The molecular formula is C12H14N2O3. The number of amides is 1. The highest BCUT2D eigenvalue weighted by molar-refractivity contribution is 5.97. The lowest BCUT2D eigenvalue weighted by Crippen LogP contribution is -2.40. The van der Waals surface area contributed by atoms with Crippen molar-refractivity contribution in [3.63, 3.8) is 0 Å². The fourth-order valence-corrected chi connectivity index (χ4v) is 2.07. The first kappa shape index (κ1) is 11.6. The van der Waals surface area contributed by atoms with Gasteiger partial charge in [0, 0.05) is 18.2 Å². The molecule has 0 saturated carbocycles. The summed E-state index contributed by atoms with van der Waals surface area (Å²) in [5, 5.41) is 9.05. The molecule has 0 spiro atoms. The van der Waals surface area contributed by atoms with Gasteiger partial charge in [0.2, 0.25) is 0 Å². The van der Waals surface area contributed by atoms with Crippen LogP contribution in [-0.4, -0.2) is 40.5 Å². The smallest absolute Gasteiger partial charge is 0.326 e. The number of carbonyl (C=O) groups excluding carboxylic acids is 1. The van der Waals surface area contributed by atoms with Gasteiger partial charge in [-0.15, -0.1) is 0 Å². The van der Waals surface area contributed by atoms with Crippen LogP contribution in [0, 0.1) is 0 Å². The Morgan fingerprint density at radius 2 is 1.94 bits per heavy atom. The van der Waals surface area contributed by atoms with E-state index in [1.165, 1.54) is 4.90 Å². The predicted molar refractivity (Wildman–Crippen MR) is 61.5 cm³/mol. The van der Waals surface area contributed by atoms with E-state index < -0.39 is 12.0 Å². The van der Waals surface area contributed by atoms with Gasteiger partial charge in [-0.2, -0.15) is 0 Å². The van der Waals surface area contributed by atoms with Crippen molar-refractivity contribution in [2.24, 2.45) is 5.73 Å². The zero-order chi connectivity index (χ0) is 12.4. The van der Waals surface area contributed by atoms with Crippen LogP contribution in [0.2, 0.25) is 0 Å². The summed E-state index contributed by atoms with van der Waals surface area (Å²) in [4.78, 5) is 24.5. The lowest BCUT2D eigenvalue weighted by molar-refractivity contribution is -0.141. The van der Waals surface area contributed by atoms with Crippen LogP contribution in [-0.2, 0) is 4.79 Å². The number of carboxylic acid groups (broad SMARTS) is 1. The van der Waals surface area contributed by atoms with E-state index >= 15 is 0 Å². The Labute approximate surface area is 98.8 Å². The second-order valence-electron chi connectivity index (χ2n) is 4.17. The van der Waals surface area contributed by atoms with Gasteiger partial charge in [-0.1, -0.05) is 18.2 Å². The van der Waals surface area contributed by atoms with E-state index in [9.17, 15) is 9.59 Å². The molecule has 1 saturated heterocycles. The van der Waals surface area contributed by atoms with Crippen molar-refractivity contribution in [1.82, 2.24) is 4.90 Å². The maximum absolute atomic E-state index is 12.1. The highest BCUT2D eigenvalue weighted by atomic mass is 16.4. The number of carbonyl (C=O) groups is 2. The molecule has 5 heteroatoms. The number of hydrogen-bond donors (Lipinski definition) is 2. The highest BCUT2D eigenvalue weighted by Gasteiger charge is 2.38. The molecule has 0 radical (unpaired) electrons. The molecule has 1 heterocycles.